The zero-order valence-electron chi connectivity index (χ0n) is 19.0. The predicted octanol–water partition coefficient (Wildman–Crippen LogP) is 7.37. The molecule has 0 aromatic rings. The van der Waals surface area contributed by atoms with E-state index in [1.807, 2.05) is 0 Å². The molecule has 1 rings (SSSR count). The topological polar surface area (TPSA) is 18.5 Å². The van der Waals surface area contributed by atoms with Crippen LogP contribution < -0.4 is 0 Å². The van der Waals surface area contributed by atoms with E-state index in [0.29, 0.717) is 6.86 Å². The molecule has 0 amide bonds. The Kier molecular flexibility index (Phi) is 6.32. The maximum atomic E-state index is 7.69. The molecule has 0 aromatic carbocycles. The van der Waals surface area contributed by atoms with E-state index in [1.165, 1.54) is 4.06 Å². The Morgan fingerprint density at radius 3 is 1.21 bits per heavy atom. The van der Waals surface area contributed by atoms with Gasteiger partial charge in [0.1, 0.15) is 0 Å². The minimum absolute atomic E-state index is 0.149. The van der Waals surface area contributed by atoms with Gasteiger partial charge in [-0.2, -0.15) is 0 Å². The van der Waals surface area contributed by atoms with Crippen LogP contribution in [0.1, 0.15) is 83.1 Å². The fraction of sp³-hybridized carbons (Fsp3) is 1.00. The third kappa shape index (κ3) is 3.95. The van der Waals surface area contributed by atoms with Crippen molar-refractivity contribution < 1.29 is 4.17 Å². The van der Waals surface area contributed by atoms with Gasteiger partial charge in [-0.1, -0.05) is 0 Å². The van der Waals surface area contributed by atoms with Crippen molar-refractivity contribution in [2.24, 2.45) is 0 Å². The maximum absolute atomic E-state index is 7.69. The quantitative estimate of drug-likeness (QED) is 0.284. The molecule has 1 fully saturated rings. The van der Waals surface area contributed by atoms with Crippen LogP contribution in [0.15, 0.2) is 0 Å². The molecule has 0 spiro atoms. The van der Waals surface area contributed by atoms with E-state index in [0.717, 1.165) is 0 Å². The molecule has 0 unspecified atom stereocenters. The number of rotatable bonds is 0. The molecule has 0 N–H and O–H groups in total. The van der Waals surface area contributed by atoms with E-state index in [-0.39, 0.29) is 6.86 Å². The molecule has 1 heterocycles. The summed E-state index contributed by atoms with van der Waals surface area (Å²) < 4.78 is 17.1. The van der Waals surface area contributed by atoms with Gasteiger partial charge in [0.2, 0.25) is 0 Å². The normalized spacial score (nSPS) is 24.8. The van der Waals surface area contributed by atoms with Gasteiger partial charge in [0.15, 0.2) is 0 Å². The van der Waals surface area contributed by atoms with Crippen LogP contribution in [-0.4, -0.2) is 46.3 Å². The average molecular weight is 570 g/mol. The molecular weight excluding hydrogens is 526 g/mol. The number of hydrogen-bond donors (Lipinski definition) is 0. The van der Waals surface area contributed by atoms with Crippen molar-refractivity contribution in [2.75, 3.05) is 0 Å². The molecule has 1 saturated heterocycles. The second-order valence-corrected chi connectivity index (χ2v) is 51.3. The van der Waals surface area contributed by atoms with E-state index in [2.05, 4.69) is 96.2 Å². The van der Waals surface area contributed by atoms with Gasteiger partial charge in [-0.3, -0.25) is 0 Å². The molecular formula is C19H44O2SiSn2. The molecule has 0 bridgehead atoms. The molecule has 1 aliphatic heterocycles. The van der Waals surface area contributed by atoms with Crippen molar-refractivity contribution in [1.82, 2.24) is 0 Å². The molecule has 0 atom stereocenters. The minimum atomic E-state index is -3.40. The zero-order valence-corrected chi connectivity index (χ0v) is 25.7. The second kappa shape index (κ2) is 6.38. The van der Waals surface area contributed by atoms with Gasteiger partial charge in [-0.15, -0.1) is 0 Å². The fourth-order valence-electron chi connectivity index (χ4n) is 5.03. The van der Waals surface area contributed by atoms with Crippen LogP contribution in [0.2, 0.25) is 30.9 Å². The summed E-state index contributed by atoms with van der Waals surface area (Å²) in [6.07, 6.45) is 0. The van der Waals surface area contributed by atoms with Crippen LogP contribution in [-0.2, 0) is 4.17 Å². The van der Waals surface area contributed by atoms with E-state index in [1.54, 1.807) is 0 Å². The third-order valence-electron chi connectivity index (χ3n) is 5.81. The van der Waals surface area contributed by atoms with Crippen LogP contribution in [0.25, 0.3) is 0 Å². The summed E-state index contributed by atoms with van der Waals surface area (Å²) in [6.45, 7) is 34.1. The fourth-order valence-corrected chi connectivity index (χ4v) is 103. The standard InChI is InChI=1S/4C4H9.C3H8OSi.O.2Sn/c4*1-4(2)3;1-5(2,3)4;;;/h4*1-3H3;1H2,2-3H3;;;/q;;;;-1;;;+1. The molecule has 0 aliphatic carbocycles. The first-order valence-corrected chi connectivity index (χ1v) is 23.9. The molecule has 0 aromatic heterocycles. The van der Waals surface area contributed by atoms with Crippen molar-refractivity contribution in [3.8, 4) is 0 Å². The average Bonchev–Trinajstić information content (AvgIpc) is 2.20. The van der Waals surface area contributed by atoms with Gasteiger partial charge in [0.05, 0.1) is 0 Å². The van der Waals surface area contributed by atoms with E-state index in [9.17, 15) is 0 Å². The van der Waals surface area contributed by atoms with Gasteiger partial charge in [0, 0.05) is 0 Å². The van der Waals surface area contributed by atoms with Crippen LogP contribution in [0.3, 0.4) is 0 Å². The first kappa shape index (κ1) is 23.8. The zero-order chi connectivity index (χ0) is 19.6. The Labute approximate surface area is 163 Å². The molecule has 0 saturated carbocycles. The summed E-state index contributed by atoms with van der Waals surface area (Å²) >= 11 is -6.43. The molecule has 24 heavy (non-hydrogen) atoms. The Bertz CT molecular complexity index is 404. The van der Waals surface area contributed by atoms with Crippen LogP contribution in [0, 0.1) is 0 Å². The van der Waals surface area contributed by atoms with Gasteiger partial charge in [-0.25, -0.2) is 0 Å². The van der Waals surface area contributed by atoms with Crippen LogP contribution in [0.4, 0.5) is 0 Å². The van der Waals surface area contributed by atoms with Crippen molar-refractivity contribution >= 4 is 46.3 Å². The van der Waals surface area contributed by atoms with Crippen molar-refractivity contribution in [2.45, 2.75) is 114 Å². The SMILES string of the molecule is C[C](C)(C)[Sn]1([C](C)(C)C)[CH2][Si](C)(C)[O][Sn]([C](C)(C)C)([C](C)(C)C)[O]1. The molecule has 5 heteroatoms. The number of hydrogen-bond acceptors (Lipinski definition) is 2. The Balaban J connectivity index is 3.80. The van der Waals surface area contributed by atoms with Crippen molar-refractivity contribution in [3.05, 3.63) is 0 Å². The molecule has 1 aliphatic rings. The van der Waals surface area contributed by atoms with Crippen molar-refractivity contribution in [1.29, 1.82) is 0 Å². The third-order valence-corrected chi connectivity index (χ3v) is 65.8. The first-order valence-electron chi connectivity index (χ1n) is 9.52. The van der Waals surface area contributed by atoms with Gasteiger partial charge in [-0.05, 0) is 0 Å². The van der Waals surface area contributed by atoms with E-state index in [4.69, 9.17) is 4.17 Å². The van der Waals surface area contributed by atoms with Crippen LogP contribution >= 0.6 is 0 Å². The van der Waals surface area contributed by atoms with Crippen molar-refractivity contribution in [3.63, 3.8) is 0 Å². The van der Waals surface area contributed by atoms with Gasteiger partial charge >= 0.3 is 164 Å². The van der Waals surface area contributed by atoms with E-state index < -0.39 is 46.3 Å². The molecule has 144 valence electrons. The predicted molar refractivity (Wildman–Crippen MR) is 115 cm³/mol. The summed E-state index contributed by atoms with van der Waals surface area (Å²) in [4.78, 5) is 0. The summed E-state index contributed by atoms with van der Waals surface area (Å²) in [5.74, 6) is 0. The summed E-state index contributed by atoms with van der Waals surface area (Å²) in [7, 11) is -1.74. The van der Waals surface area contributed by atoms with Crippen LogP contribution in [0.5, 0.6) is 0 Å². The van der Waals surface area contributed by atoms with Gasteiger partial charge < -0.3 is 0 Å². The van der Waals surface area contributed by atoms with Gasteiger partial charge in [0.25, 0.3) is 0 Å². The second-order valence-electron chi connectivity index (χ2n) is 12.6. The summed E-state index contributed by atoms with van der Waals surface area (Å²) in [6, 6.07) is 0. The summed E-state index contributed by atoms with van der Waals surface area (Å²) in [5.41, 5.74) is 0. The molecule has 2 nitrogen and oxygen atoms in total. The Morgan fingerprint density at radius 1 is 0.625 bits per heavy atom. The Hall–Kier alpha value is 1.73. The van der Waals surface area contributed by atoms with E-state index >= 15 is 0 Å². The Morgan fingerprint density at radius 2 is 0.958 bits per heavy atom. The monoisotopic (exact) mass is 572 g/mol. The summed E-state index contributed by atoms with van der Waals surface area (Å²) in [5, 5.41) is 0. The molecule has 0 radical (unpaired) electrons. The first-order chi connectivity index (χ1) is 10.1.